The van der Waals surface area contributed by atoms with Crippen molar-refractivity contribution in [3.63, 3.8) is 0 Å². The molecular weight excluding hydrogens is 340 g/mol. The summed E-state index contributed by atoms with van der Waals surface area (Å²) in [6.07, 6.45) is 1.10. The lowest BCUT2D eigenvalue weighted by molar-refractivity contribution is -0.127. The third-order valence-electron chi connectivity index (χ3n) is 4.89. The van der Waals surface area contributed by atoms with E-state index in [0.29, 0.717) is 37.6 Å². The van der Waals surface area contributed by atoms with Crippen molar-refractivity contribution in [3.8, 4) is 5.75 Å². The Kier molecular flexibility index (Phi) is 6.46. The van der Waals surface area contributed by atoms with Gasteiger partial charge in [-0.2, -0.15) is 4.31 Å². The van der Waals surface area contributed by atoms with Gasteiger partial charge in [0.05, 0.1) is 12.0 Å². The summed E-state index contributed by atoms with van der Waals surface area (Å²) in [6, 6.07) is 6.50. The number of hydrogen-bond acceptors (Lipinski definition) is 4. The number of ether oxygens (including phenoxy) is 1. The second-order valence-electron chi connectivity index (χ2n) is 6.90. The van der Waals surface area contributed by atoms with E-state index in [9.17, 15) is 13.2 Å². The number of rotatable bonds is 6. The second-order valence-corrected chi connectivity index (χ2v) is 8.83. The van der Waals surface area contributed by atoms with Crippen molar-refractivity contribution in [1.82, 2.24) is 9.62 Å². The maximum absolute atomic E-state index is 12.7. The number of carbonyl (C=O) groups is 1. The van der Waals surface area contributed by atoms with Crippen LogP contribution in [0.1, 0.15) is 33.6 Å². The molecule has 0 aromatic heterocycles. The Morgan fingerprint density at radius 2 is 1.72 bits per heavy atom. The van der Waals surface area contributed by atoms with Crippen molar-refractivity contribution in [2.45, 2.75) is 44.6 Å². The van der Waals surface area contributed by atoms with Crippen LogP contribution in [0.25, 0.3) is 0 Å². The minimum absolute atomic E-state index is 0.0303. The van der Waals surface area contributed by atoms with Gasteiger partial charge in [0.15, 0.2) is 0 Å². The van der Waals surface area contributed by atoms with E-state index in [4.69, 9.17) is 4.74 Å². The van der Waals surface area contributed by atoms with Crippen LogP contribution in [-0.4, -0.2) is 44.9 Å². The molecule has 0 radical (unpaired) electrons. The average molecular weight is 368 g/mol. The predicted molar refractivity (Wildman–Crippen MR) is 96.9 cm³/mol. The summed E-state index contributed by atoms with van der Waals surface area (Å²) in [6.45, 7) is 6.85. The molecule has 1 fully saturated rings. The van der Waals surface area contributed by atoms with Crippen molar-refractivity contribution in [1.29, 1.82) is 0 Å². The third-order valence-corrected chi connectivity index (χ3v) is 6.80. The van der Waals surface area contributed by atoms with Crippen molar-refractivity contribution < 1.29 is 17.9 Å². The molecule has 1 atom stereocenters. The molecule has 7 heteroatoms. The molecular formula is C18H28N2O4S. The average Bonchev–Trinajstić information content (AvgIpc) is 2.61. The Bertz CT molecular complexity index is 678. The molecule has 1 amide bonds. The first-order valence-corrected chi connectivity index (χ1v) is 10.1. The standard InChI is InChI=1S/C18H28N2O4S/c1-13(2)14(3)19-18(21)15-9-11-20(12-10-15)25(22,23)17-7-5-16(24-4)6-8-17/h5-8,13-15H,9-12H2,1-4H3,(H,19,21)/t14-/m0/s1. The van der Waals surface area contributed by atoms with E-state index < -0.39 is 10.0 Å². The van der Waals surface area contributed by atoms with E-state index in [0.717, 1.165) is 0 Å². The van der Waals surface area contributed by atoms with Crippen LogP contribution in [0.15, 0.2) is 29.2 Å². The first-order valence-electron chi connectivity index (χ1n) is 8.70. The molecule has 25 heavy (non-hydrogen) atoms. The molecule has 2 rings (SSSR count). The Hall–Kier alpha value is -1.60. The highest BCUT2D eigenvalue weighted by Crippen LogP contribution is 2.25. The fourth-order valence-corrected chi connectivity index (χ4v) is 4.23. The fourth-order valence-electron chi connectivity index (χ4n) is 2.76. The number of amides is 1. The van der Waals surface area contributed by atoms with Crippen LogP contribution in [0.4, 0.5) is 0 Å². The van der Waals surface area contributed by atoms with Gasteiger partial charge in [-0.15, -0.1) is 0 Å². The SMILES string of the molecule is COc1ccc(S(=O)(=O)N2CCC(C(=O)N[C@@H](C)C(C)C)CC2)cc1. The van der Waals surface area contributed by atoms with Crippen LogP contribution in [0.5, 0.6) is 5.75 Å². The number of nitrogens with one attached hydrogen (secondary N) is 1. The number of piperidine rings is 1. The number of methoxy groups -OCH3 is 1. The van der Waals surface area contributed by atoms with E-state index in [2.05, 4.69) is 19.2 Å². The highest BCUT2D eigenvalue weighted by Gasteiger charge is 2.32. The van der Waals surface area contributed by atoms with Crippen molar-refractivity contribution in [2.75, 3.05) is 20.2 Å². The van der Waals surface area contributed by atoms with E-state index in [-0.39, 0.29) is 22.8 Å². The summed E-state index contributed by atoms with van der Waals surface area (Å²) in [4.78, 5) is 12.6. The zero-order valence-electron chi connectivity index (χ0n) is 15.4. The molecule has 0 spiro atoms. The Labute approximate surface area is 150 Å². The van der Waals surface area contributed by atoms with Crippen molar-refractivity contribution in [2.24, 2.45) is 11.8 Å². The number of carbonyl (C=O) groups excluding carboxylic acids is 1. The molecule has 1 saturated heterocycles. The summed E-state index contributed by atoms with van der Waals surface area (Å²) >= 11 is 0. The first-order chi connectivity index (χ1) is 11.8. The second kappa shape index (κ2) is 8.19. The zero-order valence-corrected chi connectivity index (χ0v) is 16.2. The smallest absolute Gasteiger partial charge is 0.243 e. The summed E-state index contributed by atoms with van der Waals surface area (Å²) < 4.78 is 32.0. The predicted octanol–water partition coefficient (Wildman–Crippen LogP) is 2.26. The number of sulfonamides is 1. The molecule has 1 aliphatic rings. The van der Waals surface area contributed by atoms with E-state index in [1.807, 2.05) is 6.92 Å². The van der Waals surface area contributed by atoms with Gasteiger partial charge in [0, 0.05) is 25.0 Å². The van der Waals surface area contributed by atoms with Crippen LogP contribution in [0, 0.1) is 11.8 Å². The van der Waals surface area contributed by atoms with Crippen LogP contribution in [0.2, 0.25) is 0 Å². The quantitative estimate of drug-likeness (QED) is 0.836. The molecule has 1 aromatic rings. The third kappa shape index (κ3) is 4.73. The van der Waals surface area contributed by atoms with Crippen LogP contribution in [-0.2, 0) is 14.8 Å². The molecule has 140 valence electrons. The van der Waals surface area contributed by atoms with Gasteiger partial charge >= 0.3 is 0 Å². The van der Waals surface area contributed by atoms with Gasteiger partial charge in [-0.25, -0.2) is 8.42 Å². The van der Waals surface area contributed by atoms with Gasteiger partial charge in [0.2, 0.25) is 15.9 Å². The van der Waals surface area contributed by atoms with E-state index in [1.165, 1.54) is 4.31 Å². The zero-order chi connectivity index (χ0) is 18.6. The highest BCUT2D eigenvalue weighted by atomic mass is 32.2. The molecule has 0 aliphatic carbocycles. The highest BCUT2D eigenvalue weighted by molar-refractivity contribution is 7.89. The van der Waals surface area contributed by atoms with Gasteiger partial charge in [-0.1, -0.05) is 13.8 Å². The number of hydrogen-bond donors (Lipinski definition) is 1. The van der Waals surface area contributed by atoms with E-state index >= 15 is 0 Å². The molecule has 1 N–H and O–H groups in total. The monoisotopic (exact) mass is 368 g/mol. The lowest BCUT2D eigenvalue weighted by atomic mass is 9.96. The molecule has 1 aliphatic heterocycles. The van der Waals surface area contributed by atoms with Crippen LogP contribution < -0.4 is 10.1 Å². The summed E-state index contributed by atoms with van der Waals surface area (Å²) in [5.41, 5.74) is 0. The number of benzene rings is 1. The Morgan fingerprint density at radius 3 is 2.20 bits per heavy atom. The lowest BCUT2D eigenvalue weighted by Gasteiger charge is -2.31. The molecule has 6 nitrogen and oxygen atoms in total. The Balaban J connectivity index is 1.97. The molecule has 0 bridgehead atoms. The summed E-state index contributed by atoms with van der Waals surface area (Å²) in [5, 5.41) is 3.03. The van der Waals surface area contributed by atoms with Crippen molar-refractivity contribution in [3.05, 3.63) is 24.3 Å². The molecule has 0 saturated carbocycles. The molecule has 1 heterocycles. The van der Waals surface area contributed by atoms with Gasteiger partial charge in [-0.3, -0.25) is 4.79 Å². The number of nitrogens with zero attached hydrogens (tertiary/aromatic N) is 1. The van der Waals surface area contributed by atoms with Gasteiger partial charge in [0.25, 0.3) is 0 Å². The summed E-state index contributed by atoms with van der Waals surface area (Å²) in [5.74, 6) is 0.902. The largest absolute Gasteiger partial charge is 0.497 e. The fraction of sp³-hybridized carbons (Fsp3) is 0.611. The summed E-state index contributed by atoms with van der Waals surface area (Å²) in [7, 11) is -1.99. The molecule has 1 aromatic carbocycles. The van der Waals surface area contributed by atoms with Crippen molar-refractivity contribution >= 4 is 15.9 Å². The van der Waals surface area contributed by atoms with E-state index in [1.54, 1.807) is 31.4 Å². The van der Waals surface area contributed by atoms with Crippen LogP contribution >= 0.6 is 0 Å². The lowest BCUT2D eigenvalue weighted by Crippen LogP contribution is -2.45. The molecule has 0 unspecified atom stereocenters. The Morgan fingerprint density at radius 1 is 1.16 bits per heavy atom. The van der Waals surface area contributed by atoms with Gasteiger partial charge < -0.3 is 10.1 Å². The van der Waals surface area contributed by atoms with Crippen LogP contribution in [0.3, 0.4) is 0 Å². The van der Waals surface area contributed by atoms with Gasteiger partial charge in [0.1, 0.15) is 5.75 Å². The minimum atomic E-state index is -3.53. The van der Waals surface area contributed by atoms with Gasteiger partial charge in [-0.05, 0) is 49.9 Å². The minimum Gasteiger partial charge on any atom is -0.497 e. The first kappa shape index (κ1) is 19.7. The maximum Gasteiger partial charge on any atom is 0.243 e. The maximum atomic E-state index is 12.7. The normalized spacial score (nSPS) is 18.1. The topological polar surface area (TPSA) is 75.7 Å².